The lowest BCUT2D eigenvalue weighted by Crippen LogP contribution is -2.16. The van der Waals surface area contributed by atoms with Gasteiger partial charge in [-0.05, 0) is 53.2 Å². The van der Waals surface area contributed by atoms with Crippen LogP contribution in [-0.4, -0.2) is 9.78 Å². The molecule has 2 rings (SSSR count). The zero-order chi connectivity index (χ0) is 13.8. The zero-order valence-corrected chi connectivity index (χ0v) is 14.1. The molecule has 0 radical (unpaired) electrons. The molecule has 1 N–H and O–H groups in total. The van der Waals surface area contributed by atoms with E-state index < -0.39 is 0 Å². The number of hydrogen-bond donors (Lipinski definition) is 1. The molecule has 0 aromatic carbocycles. The summed E-state index contributed by atoms with van der Waals surface area (Å²) in [5, 5.41) is 10.2. The van der Waals surface area contributed by atoms with Crippen molar-refractivity contribution in [2.75, 3.05) is 0 Å². The fourth-order valence-electron chi connectivity index (χ4n) is 2.17. The van der Waals surface area contributed by atoms with E-state index in [0.29, 0.717) is 0 Å². The normalized spacial score (nSPS) is 11.2. The smallest absolute Gasteiger partial charge is 0.0739 e. The third-order valence-electron chi connectivity index (χ3n) is 3.25. The Morgan fingerprint density at radius 2 is 2.16 bits per heavy atom. The molecule has 0 aliphatic rings. The van der Waals surface area contributed by atoms with Gasteiger partial charge in [0.1, 0.15) is 0 Å². The number of thiophene rings is 1. The molecule has 2 aromatic rings. The SMILES string of the molecule is CCc1ccsc1CNCc1c(Br)c(C)nn1CC. The van der Waals surface area contributed by atoms with Gasteiger partial charge in [0.05, 0.1) is 15.9 Å². The standard InChI is InChI=1S/C14H20BrN3S/c1-4-11-6-7-19-13(11)9-16-8-12-14(15)10(3)17-18(12)5-2/h6-7,16H,4-5,8-9H2,1-3H3. The van der Waals surface area contributed by atoms with Gasteiger partial charge in [0, 0.05) is 24.5 Å². The van der Waals surface area contributed by atoms with E-state index in [9.17, 15) is 0 Å². The molecule has 0 saturated carbocycles. The second-order valence-electron chi connectivity index (χ2n) is 4.49. The lowest BCUT2D eigenvalue weighted by atomic mass is 10.2. The van der Waals surface area contributed by atoms with Crippen molar-refractivity contribution in [2.24, 2.45) is 0 Å². The molecular weight excluding hydrogens is 322 g/mol. The van der Waals surface area contributed by atoms with Crippen LogP contribution in [0.3, 0.4) is 0 Å². The van der Waals surface area contributed by atoms with Crippen LogP contribution in [0.5, 0.6) is 0 Å². The number of aromatic nitrogens is 2. The number of nitrogens with one attached hydrogen (secondary N) is 1. The van der Waals surface area contributed by atoms with Crippen LogP contribution < -0.4 is 5.32 Å². The fraction of sp³-hybridized carbons (Fsp3) is 0.500. The lowest BCUT2D eigenvalue weighted by molar-refractivity contribution is 0.579. The highest BCUT2D eigenvalue weighted by molar-refractivity contribution is 9.10. The van der Waals surface area contributed by atoms with Gasteiger partial charge in [0.25, 0.3) is 0 Å². The Morgan fingerprint density at radius 3 is 2.84 bits per heavy atom. The average molecular weight is 342 g/mol. The second-order valence-corrected chi connectivity index (χ2v) is 6.28. The van der Waals surface area contributed by atoms with E-state index in [1.807, 2.05) is 18.3 Å². The van der Waals surface area contributed by atoms with Crippen molar-refractivity contribution < 1.29 is 0 Å². The van der Waals surface area contributed by atoms with Gasteiger partial charge in [-0.1, -0.05) is 6.92 Å². The Labute approximate surface area is 127 Å². The molecule has 19 heavy (non-hydrogen) atoms. The maximum Gasteiger partial charge on any atom is 0.0739 e. The molecule has 0 unspecified atom stereocenters. The highest BCUT2D eigenvalue weighted by Gasteiger charge is 2.11. The van der Waals surface area contributed by atoms with Crippen molar-refractivity contribution in [1.29, 1.82) is 0 Å². The van der Waals surface area contributed by atoms with Gasteiger partial charge in [0.15, 0.2) is 0 Å². The molecule has 0 amide bonds. The number of nitrogens with zero attached hydrogens (tertiary/aromatic N) is 2. The molecule has 0 aliphatic carbocycles. The summed E-state index contributed by atoms with van der Waals surface area (Å²) in [5.41, 5.74) is 3.75. The van der Waals surface area contributed by atoms with E-state index in [4.69, 9.17) is 0 Å². The summed E-state index contributed by atoms with van der Waals surface area (Å²) in [4.78, 5) is 1.44. The molecule has 0 fully saturated rings. The van der Waals surface area contributed by atoms with Crippen LogP contribution in [0.25, 0.3) is 0 Å². The first-order chi connectivity index (χ1) is 9.17. The van der Waals surface area contributed by atoms with Crippen LogP contribution in [0.4, 0.5) is 0 Å². The zero-order valence-electron chi connectivity index (χ0n) is 11.7. The Bertz CT molecular complexity index is 545. The first kappa shape index (κ1) is 14.8. The molecule has 3 nitrogen and oxygen atoms in total. The predicted octanol–water partition coefficient (Wildman–Crippen LogP) is 3.89. The van der Waals surface area contributed by atoms with Crippen molar-refractivity contribution in [3.8, 4) is 0 Å². The van der Waals surface area contributed by atoms with E-state index in [2.05, 4.69) is 56.3 Å². The van der Waals surface area contributed by atoms with Gasteiger partial charge in [-0.15, -0.1) is 11.3 Å². The third-order valence-corrected chi connectivity index (χ3v) is 5.24. The van der Waals surface area contributed by atoms with Crippen LogP contribution in [-0.2, 0) is 26.1 Å². The van der Waals surface area contributed by atoms with Gasteiger partial charge in [-0.3, -0.25) is 4.68 Å². The first-order valence-corrected chi connectivity index (χ1v) is 8.32. The Balaban J connectivity index is 2.00. The molecule has 0 atom stereocenters. The lowest BCUT2D eigenvalue weighted by Gasteiger charge is -2.08. The van der Waals surface area contributed by atoms with Gasteiger partial charge >= 0.3 is 0 Å². The third kappa shape index (κ3) is 3.27. The molecule has 0 spiro atoms. The Kier molecular flexibility index (Phi) is 5.19. The summed E-state index contributed by atoms with van der Waals surface area (Å²) in [6.45, 7) is 9.04. The Hall–Kier alpha value is -0.650. The summed E-state index contributed by atoms with van der Waals surface area (Å²) in [7, 11) is 0. The maximum absolute atomic E-state index is 4.51. The Morgan fingerprint density at radius 1 is 1.37 bits per heavy atom. The van der Waals surface area contributed by atoms with E-state index in [1.54, 1.807) is 0 Å². The quantitative estimate of drug-likeness (QED) is 0.863. The largest absolute Gasteiger partial charge is 0.306 e. The summed E-state index contributed by atoms with van der Waals surface area (Å²) in [5.74, 6) is 0. The van der Waals surface area contributed by atoms with E-state index in [0.717, 1.165) is 36.2 Å². The van der Waals surface area contributed by atoms with Crippen molar-refractivity contribution in [3.05, 3.63) is 37.7 Å². The summed E-state index contributed by atoms with van der Waals surface area (Å²) >= 11 is 5.46. The van der Waals surface area contributed by atoms with E-state index in [-0.39, 0.29) is 0 Å². The summed E-state index contributed by atoms with van der Waals surface area (Å²) in [6.07, 6.45) is 1.11. The summed E-state index contributed by atoms with van der Waals surface area (Å²) < 4.78 is 3.19. The molecule has 0 saturated heterocycles. The predicted molar refractivity (Wildman–Crippen MR) is 84.6 cm³/mol. The van der Waals surface area contributed by atoms with Gasteiger partial charge in [0.2, 0.25) is 0 Å². The molecule has 2 aromatic heterocycles. The molecule has 2 heterocycles. The van der Waals surface area contributed by atoms with Crippen molar-refractivity contribution in [3.63, 3.8) is 0 Å². The van der Waals surface area contributed by atoms with Gasteiger partial charge in [-0.2, -0.15) is 5.10 Å². The molecule has 104 valence electrons. The minimum Gasteiger partial charge on any atom is -0.306 e. The topological polar surface area (TPSA) is 29.9 Å². The minimum absolute atomic E-state index is 0.844. The molecule has 0 bridgehead atoms. The highest BCUT2D eigenvalue weighted by atomic mass is 79.9. The summed E-state index contributed by atoms with van der Waals surface area (Å²) in [6, 6.07) is 2.22. The van der Waals surface area contributed by atoms with Gasteiger partial charge in [-0.25, -0.2) is 0 Å². The fourth-order valence-corrected chi connectivity index (χ4v) is 3.54. The first-order valence-electron chi connectivity index (χ1n) is 6.65. The molecule has 0 aliphatic heterocycles. The minimum atomic E-state index is 0.844. The number of halogens is 1. The highest BCUT2D eigenvalue weighted by Crippen LogP contribution is 2.21. The van der Waals surface area contributed by atoms with Crippen LogP contribution in [0.2, 0.25) is 0 Å². The number of rotatable bonds is 6. The number of aryl methyl sites for hydroxylation is 3. The van der Waals surface area contributed by atoms with Crippen LogP contribution in [0.1, 0.15) is 35.7 Å². The molecular formula is C14H20BrN3S. The van der Waals surface area contributed by atoms with Crippen molar-refractivity contribution >= 4 is 27.3 Å². The molecule has 5 heteroatoms. The van der Waals surface area contributed by atoms with E-state index >= 15 is 0 Å². The number of hydrogen-bond acceptors (Lipinski definition) is 3. The van der Waals surface area contributed by atoms with Gasteiger partial charge < -0.3 is 5.32 Å². The van der Waals surface area contributed by atoms with E-state index in [1.165, 1.54) is 16.1 Å². The van der Waals surface area contributed by atoms with Crippen molar-refractivity contribution in [1.82, 2.24) is 15.1 Å². The van der Waals surface area contributed by atoms with Crippen LogP contribution >= 0.6 is 27.3 Å². The van der Waals surface area contributed by atoms with Crippen LogP contribution in [0.15, 0.2) is 15.9 Å². The average Bonchev–Trinajstić information content (AvgIpc) is 2.97. The maximum atomic E-state index is 4.51. The monoisotopic (exact) mass is 341 g/mol. The van der Waals surface area contributed by atoms with Crippen LogP contribution in [0, 0.1) is 6.92 Å². The van der Waals surface area contributed by atoms with Crippen molar-refractivity contribution in [2.45, 2.75) is 46.8 Å². The second kappa shape index (κ2) is 6.68.